The number of carbonyl (C=O) groups excluding carboxylic acids is 1. The predicted octanol–water partition coefficient (Wildman–Crippen LogP) is 3.31. The average Bonchev–Trinajstić information content (AvgIpc) is 2.90. The molecule has 0 saturated carbocycles. The second-order valence-corrected chi connectivity index (χ2v) is 6.75. The van der Waals surface area contributed by atoms with Crippen LogP contribution in [0.4, 0.5) is 0 Å². The van der Waals surface area contributed by atoms with E-state index in [1.165, 1.54) is 10.9 Å². The normalized spacial score (nSPS) is 11.0. The van der Waals surface area contributed by atoms with Gasteiger partial charge in [0, 0.05) is 15.7 Å². The highest BCUT2D eigenvalue weighted by molar-refractivity contribution is 9.10. The molecule has 0 spiro atoms. The second kappa shape index (κ2) is 7.53. The Labute approximate surface area is 158 Å². The van der Waals surface area contributed by atoms with Gasteiger partial charge in [-0.3, -0.25) is 14.7 Å². The fourth-order valence-electron chi connectivity index (χ4n) is 2.44. The van der Waals surface area contributed by atoms with Crippen molar-refractivity contribution in [1.29, 1.82) is 0 Å². The van der Waals surface area contributed by atoms with Crippen LogP contribution in [-0.4, -0.2) is 21.9 Å². The van der Waals surface area contributed by atoms with Gasteiger partial charge in [-0.25, -0.2) is 10.1 Å². The number of H-pyrrole nitrogens is 1. The van der Waals surface area contributed by atoms with E-state index < -0.39 is 0 Å². The van der Waals surface area contributed by atoms with Gasteiger partial charge in [0.2, 0.25) is 0 Å². The molecule has 0 atom stereocenters. The lowest BCUT2D eigenvalue weighted by Gasteiger charge is -2.01. The molecule has 0 unspecified atom stereocenters. The number of nitrogens with zero attached hydrogens (tertiary/aromatic N) is 2. The van der Waals surface area contributed by atoms with Crippen LogP contribution in [0.3, 0.4) is 0 Å². The van der Waals surface area contributed by atoms with Gasteiger partial charge in [-0.2, -0.15) is 5.10 Å². The van der Waals surface area contributed by atoms with Crippen LogP contribution < -0.4 is 11.0 Å². The Balaban J connectivity index is 1.80. The zero-order valence-corrected chi connectivity index (χ0v) is 15.9. The van der Waals surface area contributed by atoms with Crippen molar-refractivity contribution in [2.45, 2.75) is 13.8 Å². The minimum atomic E-state index is -0.352. The van der Waals surface area contributed by atoms with Crippen LogP contribution in [0, 0.1) is 13.8 Å². The molecule has 132 valence electrons. The minimum absolute atomic E-state index is 0.230. The molecule has 2 N–H and O–H groups in total. The van der Waals surface area contributed by atoms with Crippen molar-refractivity contribution in [3.05, 3.63) is 85.7 Å². The molecule has 6 nitrogen and oxygen atoms in total. The summed E-state index contributed by atoms with van der Waals surface area (Å²) >= 11 is 3.32. The number of aromatic nitrogens is 2. The zero-order valence-electron chi connectivity index (χ0n) is 14.3. The first kappa shape index (κ1) is 17.9. The molecule has 7 heteroatoms. The Morgan fingerprint density at radius 3 is 2.62 bits per heavy atom. The molecule has 0 bridgehead atoms. The van der Waals surface area contributed by atoms with Crippen LogP contribution in [0.1, 0.15) is 27.2 Å². The van der Waals surface area contributed by atoms with E-state index in [2.05, 4.69) is 31.6 Å². The Hall–Kier alpha value is -2.93. The van der Waals surface area contributed by atoms with Crippen LogP contribution in [0.15, 0.2) is 62.9 Å². The first-order chi connectivity index (χ1) is 12.5. The van der Waals surface area contributed by atoms with E-state index in [0.717, 1.165) is 15.7 Å². The first-order valence-corrected chi connectivity index (χ1v) is 8.72. The molecule has 3 aromatic rings. The van der Waals surface area contributed by atoms with Crippen LogP contribution in [0.5, 0.6) is 0 Å². The molecule has 0 fully saturated rings. The molecule has 0 saturated heterocycles. The van der Waals surface area contributed by atoms with Crippen molar-refractivity contribution in [3.8, 4) is 5.69 Å². The number of halogens is 1. The monoisotopic (exact) mass is 412 g/mol. The third-order valence-electron chi connectivity index (χ3n) is 3.86. The number of hydrogen-bond donors (Lipinski definition) is 2. The van der Waals surface area contributed by atoms with E-state index in [1.807, 2.05) is 37.3 Å². The summed E-state index contributed by atoms with van der Waals surface area (Å²) in [5, 5.41) is 6.94. The van der Waals surface area contributed by atoms with Gasteiger partial charge in [-0.15, -0.1) is 0 Å². The highest BCUT2D eigenvalue weighted by Crippen LogP contribution is 2.11. The van der Waals surface area contributed by atoms with Crippen LogP contribution in [0.2, 0.25) is 0 Å². The summed E-state index contributed by atoms with van der Waals surface area (Å²) < 4.78 is 2.25. The van der Waals surface area contributed by atoms with Crippen LogP contribution in [0.25, 0.3) is 5.69 Å². The molecule has 0 radical (unpaired) electrons. The molecule has 26 heavy (non-hydrogen) atoms. The smallest absolute Gasteiger partial charge is 0.280 e. The topological polar surface area (TPSA) is 79.2 Å². The second-order valence-electron chi connectivity index (χ2n) is 5.84. The summed E-state index contributed by atoms with van der Waals surface area (Å²) in [4.78, 5) is 24.7. The SMILES string of the molecule is Cc1ccc(-n2[nH]c(C)c(C=NNC(=O)c3cccc(Br)c3)c2=O)cc1. The summed E-state index contributed by atoms with van der Waals surface area (Å²) in [6.07, 6.45) is 1.36. The maximum Gasteiger partial charge on any atom is 0.280 e. The fourth-order valence-corrected chi connectivity index (χ4v) is 2.84. The van der Waals surface area contributed by atoms with E-state index >= 15 is 0 Å². The van der Waals surface area contributed by atoms with Gasteiger partial charge >= 0.3 is 0 Å². The number of nitrogens with one attached hydrogen (secondary N) is 2. The van der Waals surface area contributed by atoms with Crippen molar-refractivity contribution >= 4 is 28.1 Å². The highest BCUT2D eigenvalue weighted by atomic mass is 79.9. The number of aromatic amines is 1. The molecule has 2 aromatic carbocycles. The minimum Gasteiger partial charge on any atom is -0.295 e. The number of benzene rings is 2. The summed E-state index contributed by atoms with van der Waals surface area (Å²) in [6, 6.07) is 14.6. The summed E-state index contributed by atoms with van der Waals surface area (Å²) in [7, 11) is 0. The van der Waals surface area contributed by atoms with Crippen molar-refractivity contribution < 1.29 is 4.79 Å². The molecule has 1 amide bonds. The van der Waals surface area contributed by atoms with Gasteiger partial charge < -0.3 is 0 Å². The zero-order chi connectivity index (χ0) is 18.7. The predicted molar refractivity (Wildman–Crippen MR) is 105 cm³/mol. The van der Waals surface area contributed by atoms with Gasteiger partial charge in [0.05, 0.1) is 17.5 Å². The highest BCUT2D eigenvalue weighted by Gasteiger charge is 2.11. The van der Waals surface area contributed by atoms with Gasteiger partial charge in [0.15, 0.2) is 0 Å². The van der Waals surface area contributed by atoms with Gasteiger partial charge in [0.1, 0.15) is 0 Å². The van der Waals surface area contributed by atoms with Gasteiger partial charge in [-0.05, 0) is 44.2 Å². The molecular formula is C19H17BrN4O2. The third kappa shape index (κ3) is 3.83. The maximum atomic E-state index is 12.6. The van der Waals surface area contributed by atoms with E-state index in [9.17, 15) is 9.59 Å². The quantitative estimate of drug-likeness (QED) is 0.509. The summed E-state index contributed by atoms with van der Waals surface area (Å²) in [6.45, 7) is 3.77. The lowest BCUT2D eigenvalue weighted by molar-refractivity contribution is 0.0955. The molecular weight excluding hydrogens is 396 g/mol. The van der Waals surface area contributed by atoms with E-state index in [1.54, 1.807) is 25.1 Å². The molecule has 1 aromatic heterocycles. The number of carbonyl (C=O) groups is 1. The van der Waals surface area contributed by atoms with Crippen molar-refractivity contribution in [2.75, 3.05) is 0 Å². The number of amides is 1. The Morgan fingerprint density at radius 1 is 1.19 bits per heavy atom. The van der Waals surface area contributed by atoms with Crippen molar-refractivity contribution in [1.82, 2.24) is 15.2 Å². The number of aryl methyl sites for hydroxylation is 2. The van der Waals surface area contributed by atoms with E-state index in [-0.39, 0.29) is 11.5 Å². The lowest BCUT2D eigenvalue weighted by atomic mass is 10.2. The molecule has 0 aliphatic carbocycles. The molecule has 0 aliphatic rings. The number of hydrogen-bond acceptors (Lipinski definition) is 3. The Kier molecular flexibility index (Phi) is 5.18. The van der Waals surface area contributed by atoms with Crippen LogP contribution >= 0.6 is 15.9 Å². The largest absolute Gasteiger partial charge is 0.295 e. The maximum absolute atomic E-state index is 12.6. The van der Waals surface area contributed by atoms with Gasteiger partial charge in [-0.1, -0.05) is 39.7 Å². The first-order valence-electron chi connectivity index (χ1n) is 7.93. The Bertz CT molecular complexity index is 1030. The Morgan fingerprint density at radius 2 is 1.92 bits per heavy atom. The molecule has 1 heterocycles. The number of rotatable bonds is 4. The summed E-state index contributed by atoms with van der Waals surface area (Å²) in [5.41, 5.74) is 5.58. The van der Waals surface area contributed by atoms with E-state index in [4.69, 9.17) is 0 Å². The van der Waals surface area contributed by atoms with Crippen molar-refractivity contribution in [2.24, 2.45) is 5.10 Å². The molecule has 3 rings (SSSR count). The van der Waals surface area contributed by atoms with Crippen molar-refractivity contribution in [3.63, 3.8) is 0 Å². The van der Waals surface area contributed by atoms with Gasteiger partial charge in [0.25, 0.3) is 11.5 Å². The lowest BCUT2D eigenvalue weighted by Crippen LogP contribution is -2.20. The summed E-state index contributed by atoms with van der Waals surface area (Å²) in [5.74, 6) is -0.352. The van der Waals surface area contributed by atoms with Crippen LogP contribution in [-0.2, 0) is 0 Å². The third-order valence-corrected chi connectivity index (χ3v) is 4.35. The standard InChI is InChI=1S/C19H17BrN4O2/c1-12-6-8-16(9-7-12)24-19(26)17(13(2)23-24)11-21-22-18(25)14-4-3-5-15(20)10-14/h3-11,23H,1-2H3,(H,22,25). The fraction of sp³-hybridized carbons (Fsp3) is 0.105. The number of hydrazone groups is 1. The average molecular weight is 413 g/mol. The molecule has 0 aliphatic heterocycles. The van der Waals surface area contributed by atoms with E-state index in [0.29, 0.717) is 16.8 Å².